The van der Waals surface area contributed by atoms with Gasteiger partial charge < -0.3 is 5.11 Å². The fourth-order valence-electron chi connectivity index (χ4n) is 3.01. The molecule has 4 nitrogen and oxygen atoms in total. The lowest BCUT2D eigenvalue weighted by atomic mass is 9.80. The van der Waals surface area contributed by atoms with Crippen LogP contribution >= 0.6 is 0 Å². The van der Waals surface area contributed by atoms with Crippen molar-refractivity contribution >= 4 is 5.65 Å². The van der Waals surface area contributed by atoms with E-state index < -0.39 is 12.1 Å². The van der Waals surface area contributed by atoms with Gasteiger partial charge in [-0.25, -0.2) is 4.98 Å². The lowest BCUT2D eigenvalue weighted by molar-refractivity contribution is -0.182. The molecular formula is C14H16F3N3O. The zero-order chi connectivity index (χ0) is 15.2. The molecule has 0 aromatic carbocycles. The molecule has 0 bridgehead atoms. The van der Waals surface area contributed by atoms with Gasteiger partial charge in [-0.15, -0.1) is 0 Å². The summed E-state index contributed by atoms with van der Waals surface area (Å²) in [6, 6.07) is 3.26. The molecule has 1 saturated carbocycles. The van der Waals surface area contributed by atoms with Crippen molar-refractivity contribution < 1.29 is 18.3 Å². The van der Waals surface area contributed by atoms with Gasteiger partial charge in [-0.1, -0.05) is 0 Å². The van der Waals surface area contributed by atoms with Gasteiger partial charge in [-0.05, 0) is 32.6 Å². The van der Waals surface area contributed by atoms with Gasteiger partial charge in [0.25, 0.3) is 0 Å². The van der Waals surface area contributed by atoms with Crippen molar-refractivity contribution in [1.82, 2.24) is 14.6 Å². The van der Waals surface area contributed by atoms with E-state index in [1.165, 1.54) is 10.6 Å². The average molecular weight is 299 g/mol. The maximum Gasteiger partial charge on any atom is 0.391 e. The van der Waals surface area contributed by atoms with E-state index >= 15 is 0 Å². The van der Waals surface area contributed by atoms with Gasteiger partial charge >= 0.3 is 6.18 Å². The highest BCUT2D eigenvalue weighted by Gasteiger charge is 2.41. The van der Waals surface area contributed by atoms with Crippen molar-refractivity contribution in [2.24, 2.45) is 5.92 Å². The number of hydrogen-bond donors (Lipinski definition) is 1. The molecule has 1 aliphatic rings. The van der Waals surface area contributed by atoms with Crippen LogP contribution in [0.3, 0.4) is 0 Å². The second-order valence-electron chi connectivity index (χ2n) is 5.69. The third-order valence-corrected chi connectivity index (χ3v) is 4.16. The summed E-state index contributed by atoms with van der Waals surface area (Å²) in [6.07, 6.45) is -2.89. The van der Waals surface area contributed by atoms with Crippen LogP contribution in [0.1, 0.15) is 43.0 Å². The summed E-state index contributed by atoms with van der Waals surface area (Å²) in [6.45, 7) is 1.76. The minimum atomic E-state index is -4.10. The number of hydrogen-bond acceptors (Lipinski definition) is 3. The molecule has 2 aromatic heterocycles. The smallest absolute Gasteiger partial charge is 0.391 e. The van der Waals surface area contributed by atoms with E-state index in [0.717, 1.165) is 0 Å². The van der Waals surface area contributed by atoms with Crippen LogP contribution < -0.4 is 0 Å². The second-order valence-corrected chi connectivity index (χ2v) is 5.69. The molecule has 3 rings (SSSR count). The molecule has 7 heteroatoms. The molecule has 21 heavy (non-hydrogen) atoms. The Bertz CT molecular complexity index is 657. The highest BCUT2D eigenvalue weighted by atomic mass is 19.4. The summed E-state index contributed by atoms with van der Waals surface area (Å²) in [5.41, 5.74) is 1.91. The number of aromatic nitrogens is 3. The Morgan fingerprint density at radius 2 is 1.86 bits per heavy atom. The minimum Gasteiger partial charge on any atom is -0.493 e. The quantitative estimate of drug-likeness (QED) is 0.875. The van der Waals surface area contributed by atoms with Crippen molar-refractivity contribution in [2.45, 2.75) is 44.7 Å². The van der Waals surface area contributed by atoms with Gasteiger partial charge in [-0.2, -0.15) is 22.8 Å². The molecule has 2 heterocycles. The maximum atomic E-state index is 12.7. The van der Waals surface area contributed by atoms with Crippen molar-refractivity contribution in [3.05, 3.63) is 23.5 Å². The average Bonchev–Trinajstić information content (AvgIpc) is 2.82. The normalized spacial score (nSPS) is 23.6. The van der Waals surface area contributed by atoms with Crippen molar-refractivity contribution in [1.29, 1.82) is 0 Å². The van der Waals surface area contributed by atoms with Crippen LogP contribution in [0.4, 0.5) is 13.2 Å². The molecule has 1 N–H and O–H groups in total. The fourth-order valence-corrected chi connectivity index (χ4v) is 3.01. The van der Waals surface area contributed by atoms with Crippen molar-refractivity contribution in [2.75, 3.05) is 0 Å². The van der Waals surface area contributed by atoms with Crippen LogP contribution in [0, 0.1) is 12.8 Å². The molecule has 1 aliphatic carbocycles. The Hall–Kier alpha value is -1.79. The fraction of sp³-hybridized carbons (Fsp3) is 0.571. The van der Waals surface area contributed by atoms with Gasteiger partial charge in [-0.3, -0.25) is 0 Å². The SMILES string of the molecule is Cc1cc(O)n2nc(C3CCC(C(F)(F)F)CC3)cc2n1. The predicted octanol–water partition coefficient (Wildman–Crippen LogP) is 3.58. The lowest BCUT2D eigenvalue weighted by Gasteiger charge is -2.28. The summed E-state index contributed by atoms with van der Waals surface area (Å²) in [5, 5.41) is 14.1. The number of aryl methyl sites for hydroxylation is 1. The number of aromatic hydroxyl groups is 1. The maximum absolute atomic E-state index is 12.7. The van der Waals surface area contributed by atoms with E-state index in [4.69, 9.17) is 0 Å². The Labute approximate surface area is 119 Å². The summed E-state index contributed by atoms with van der Waals surface area (Å²) in [7, 11) is 0. The molecule has 0 aliphatic heterocycles. The van der Waals surface area contributed by atoms with Gasteiger partial charge in [0.1, 0.15) is 0 Å². The largest absolute Gasteiger partial charge is 0.493 e. The third-order valence-electron chi connectivity index (χ3n) is 4.16. The lowest BCUT2D eigenvalue weighted by Crippen LogP contribution is -2.27. The van der Waals surface area contributed by atoms with Crippen molar-refractivity contribution in [3.8, 4) is 5.88 Å². The molecule has 0 unspecified atom stereocenters. The highest BCUT2D eigenvalue weighted by molar-refractivity contribution is 5.43. The molecule has 2 aromatic rings. The summed E-state index contributed by atoms with van der Waals surface area (Å²) >= 11 is 0. The van der Waals surface area contributed by atoms with Gasteiger partial charge in [0.05, 0.1) is 11.6 Å². The number of halogens is 3. The number of alkyl halides is 3. The molecule has 0 amide bonds. The minimum absolute atomic E-state index is 0.00464. The van der Waals surface area contributed by atoms with Crippen LogP contribution in [-0.2, 0) is 0 Å². The van der Waals surface area contributed by atoms with E-state index in [1.54, 1.807) is 13.0 Å². The topological polar surface area (TPSA) is 50.4 Å². The molecule has 114 valence electrons. The first-order valence-corrected chi connectivity index (χ1v) is 6.97. The number of nitrogens with zero attached hydrogens (tertiary/aromatic N) is 3. The first kappa shape index (κ1) is 14.2. The molecule has 0 spiro atoms. The van der Waals surface area contributed by atoms with Gasteiger partial charge in [0.15, 0.2) is 5.65 Å². The first-order chi connectivity index (χ1) is 9.84. The number of fused-ring (bicyclic) bond motifs is 1. The number of rotatable bonds is 1. The standard InChI is InChI=1S/C14H16F3N3O/c1-8-6-13(21)20-12(18-8)7-11(19-20)9-2-4-10(5-3-9)14(15,16)17/h6-7,9-10,21H,2-5H2,1H3. The Balaban J connectivity index is 1.81. The Kier molecular flexibility index (Phi) is 3.30. The van der Waals surface area contributed by atoms with Crippen LogP contribution in [0.25, 0.3) is 5.65 Å². The summed E-state index contributed by atoms with van der Waals surface area (Å²) in [5.74, 6) is -1.20. The highest BCUT2D eigenvalue weighted by Crippen LogP contribution is 2.42. The van der Waals surface area contributed by atoms with Crippen LogP contribution in [0.15, 0.2) is 12.1 Å². The molecule has 0 radical (unpaired) electrons. The predicted molar refractivity (Wildman–Crippen MR) is 70.1 cm³/mol. The Morgan fingerprint density at radius 1 is 1.19 bits per heavy atom. The third kappa shape index (κ3) is 2.69. The zero-order valence-electron chi connectivity index (χ0n) is 11.6. The molecular weight excluding hydrogens is 283 g/mol. The zero-order valence-corrected chi connectivity index (χ0v) is 11.6. The monoisotopic (exact) mass is 299 g/mol. The van der Waals surface area contributed by atoms with Gasteiger partial charge in [0.2, 0.25) is 5.88 Å². The second kappa shape index (κ2) is 4.89. The van der Waals surface area contributed by atoms with Crippen molar-refractivity contribution in [3.63, 3.8) is 0 Å². The van der Waals surface area contributed by atoms with Crippen LogP contribution in [-0.4, -0.2) is 25.9 Å². The van der Waals surface area contributed by atoms with E-state index in [1.807, 2.05) is 0 Å². The van der Waals surface area contributed by atoms with E-state index in [0.29, 0.717) is 29.9 Å². The summed E-state index contributed by atoms with van der Waals surface area (Å²) < 4.78 is 39.3. The first-order valence-electron chi connectivity index (χ1n) is 6.97. The van der Waals surface area contributed by atoms with E-state index in [2.05, 4.69) is 10.1 Å². The van der Waals surface area contributed by atoms with Crippen LogP contribution in [0.5, 0.6) is 5.88 Å². The van der Waals surface area contributed by atoms with E-state index in [-0.39, 0.29) is 24.6 Å². The van der Waals surface area contributed by atoms with Crippen LogP contribution in [0.2, 0.25) is 0 Å². The van der Waals surface area contributed by atoms with E-state index in [9.17, 15) is 18.3 Å². The Morgan fingerprint density at radius 3 is 2.48 bits per heavy atom. The summed E-state index contributed by atoms with van der Waals surface area (Å²) in [4.78, 5) is 4.27. The molecule has 0 saturated heterocycles. The molecule has 0 atom stereocenters. The molecule has 1 fully saturated rings. The van der Waals surface area contributed by atoms with Gasteiger partial charge in [0, 0.05) is 23.7 Å².